The van der Waals surface area contributed by atoms with E-state index >= 15 is 0 Å². The fourth-order valence-corrected chi connectivity index (χ4v) is 2.61. The highest BCUT2D eigenvalue weighted by atomic mass is 32.2. The van der Waals surface area contributed by atoms with Gasteiger partial charge in [-0.1, -0.05) is 0 Å². The molecule has 26 heavy (non-hydrogen) atoms. The average molecular weight is 391 g/mol. The van der Waals surface area contributed by atoms with Crippen molar-refractivity contribution in [1.82, 2.24) is 10.3 Å². The van der Waals surface area contributed by atoms with Crippen molar-refractivity contribution >= 4 is 17.7 Å². The summed E-state index contributed by atoms with van der Waals surface area (Å²) in [4.78, 5) is 16.0. The molecule has 142 valence electrons. The number of benzene rings is 1. The number of nitrogens with two attached hydrogens (primary N) is 1. The molecule has 1 aromatic carbocycles. The molecule has 3 N–H and O–H groups in total. The van der Waals surface area contributed by atoms with Gasteiger partial charge >= 0.3 is 6.18 Å². The van der Waals surface area contributed by atoms with Crippen molar-refractivity contribution in [2.24, 2.45) is 5.73 Å². The lowest BCUT2D eigenvalue weighted by atomic mass is 10.1. The van der Waals surface area contributed by atoms with Crippen LogP contribution in [0.3, 0.4) is 0 Å². The van der Waals surface area contributed by atoms with Gasteiger partial charge in [0.05, 0.1) is 11.6 Å². The molecule has 2 rings (SSSR count). The topological polar surface area (TPSA) is 81.1 Å². The highest BCUT2D eigenvalue weighted by molar-refractivity contribution is 7.98. The quantitative estimate of drug-likeness (QED) is 0.706. The number of amides is 1. The van der Waals surface area contributed by atoms with Crippen LogP contribution in [0.25, 0.3) is 0 Å². The van der Waals surface area contributed by atoms with Gasteiger partial charge in [-0.05, 0) is 42.2 Å². The molecule has 0 saturated heterocycles. The number of carbonyl (C=O) groups is 1. The first-order chi connectivity index (χ1) is 12.2. The summed E-state index contributed by atoms with van der Waals surface area (Å²) in [5.74, 6) is -0.691. The molecule has 0 radical (unpaired) electrons. The standard InChI is InChI=1S/C16H17F4N3O2S/c1-26-3-2-12(21)15-23-13(8-25-15)14(24)22-7-9-4-10(16(18,19)20)6-11(17)5-9/h4-6,8,12H,2-3,7,21H2,1H3,(H,22,24). The van der Waals surface area contributed by atoms with E-state index in [2.05, 4.69) is 10.3 Å². The van der Waals surface area contributed by atoms with Crippen molar-refractivity contribution in [3.63, 3.8) is 0 Å². The van der Waals surface area contributed by atoms with Crippen LogP contribution < -0.4 is 11.1 Å². The maximum Gasteiger partial charge on any atom is 0.416 e. The molecule has 1 heterocycles. The van der Waals surface area contributed by atoms with E-state index in [1.165, 1.54) is 0 Å². The predicted molar refractivity (Wildman–Crippen MR) is 89.0 cm³/mol. The van der Waals surface area contributed by atoms with Gasteiger partial charge in [0.25, 0.3) is 5.91 Å². The summed E-state index contributed by atoms with van der Waals surface area (Å²) in [5, 5.41) is 2.38. The summed E-state index contributed by atoms with van der Waals surface area (Å²) in [7, 11) is 0. The number of aromatic nitrogens is 1. The van der Waals surface area contributed by atoms with E-state index < -0.39 is 29.5 Å². The number of nitrogens with zero attached hydrogens (tertiary/aromatic N) is 1. The third-order valence-electron chi connectivity index (χ3n) is 3.44. The van der Waals surface area contributed by atoms with Gasteiger partial charge in [0, 0.05) is 6.54 Å². The second kappa shape index (κ2) is 8.54. The smallest absolute Gasteiger partial charge is 0.416 e. The Morgan fingerprint density at radius 3 is 2.77 bits per heavy atom. The number of hydrogen-bond donors (Lipinski definition) is 2. The molecule has 0 aliphatic carbocycles. The summed E-state index contributed by atoms with van der Waals surface area (Å²) in [6.45, 7) is -0.291. The Labute approximate surface area is 151 Å². The molecule has 0 bridgehead atoms. The van der Waals surface area contributed by atoms with Crippen LogP contribution >= 0.6 is 11.8 Å². The first-order valence-corrected chi connectivity index (χ1v) is 8.95. The highest BCUT2D eigenvalue weighted by Crippen LogP contribution is 2.30. The molecular weight excluding hydrogens is 374 g/mol. The second-order valence-electron chi connectivity index (χ2n) is 5.49. The number of thioether (sulfide) groups is 1. The fraction of sp³-hybridized carbons (Fsp3) is 0.375. The predicted octanol–water partition coefficient (Wildman–Crippen LogP) is 3.52. The Morgan fingerprint density at radius 2 is 2.12 bits per heavy atom. The van der Waals surface area contributed by atoms with Gasteiger partial charge in [-0.25, -0.2) is 9.37 Å². The summed E-state index contributed by atoms with van der Waals surface area (Å²) >= 11 is 1.61. The van der Waals surface area contributed by atoms with E-state index in [4.69, 9.17) is 10.2 Å². The molecule has 1 amide bonds. The number of oxazole rings is 1. The van der Waals surface area contributed by atoms with Crippen LogP contribution in [0.15, 0.2) is 28.9 Å². The van der Waals surface area contributed by atoms with Crippen LogP contribution in [0.1, 0.15) is 40.0 Å². The number of nitrogens with one attached hydrogen (secondary N) is 1. The number of rotatable bonds is 7. The van der Waals surface area contributed by atoms with Crippen molar-refractivity contribution in [3.8, 4) is 0 Å². The third kappa shape index (κ3) is 5.46. The Kier molecular flexibility index (Phi) is 6.65. The molecule has 1 atom stereocenters. The first kappa shape index (κ1) is 20.2. The summed E-state index contributed by atoms with van der Waals surface area (Å²) in [5.41, 5.74) is 4.69. The third-order valence-corrected chi connectivity index (χ3v) is 4.09. The molecule has 0 spiro atoms. The van der Waals surface area contributed by atoms with Gasteiger partial charge in [0.15, 0.2) is 5.69 Å². The lowest BCUT2D eigenvalue weighted by Crippen LogP contribution is -2.23. The Bertz CT molecular complexity index is 764. The largest absolute Gasteiger partial charge is 0.446 e. The minimum atomic E-state index is -4.67. The van der Waals surface area contributed by atoms with Crippen LogP contribution in [-0.4, -0.2) is 22.9 Å². The van der Waals surface area contributed by atoms with Crippen LogP contribution in [0.4, 0.5) is 17.6 Å². The van der Waals surface area contributed by atoms with Gasteiger partial charge in [-0.3, -0.25) is 4.79 Å². The molecule has 0 aliphatic rings. The molecule has 1 aromatic heterocycles. The SMILES string of the molecule is CSCCC(N)c1nc(C(=O)NCc2cc(F)cc(C(F)(F)F)c2)co1. The van der Waals surface area contributed by atoms with E-state index in [0.29, 0.717) is 12.5 Å². The van der Waals surface area contributed by atoms with E-state index in [0.717, 1.165) is 24.1 Å². The van der Waals surface area contributed by atoms with E-state index in [1.807, 2.05) is 6.26 Å². The molecule has 0 saturated carbocycles. The normalized spacial score (nSPS) is 12.8. The molecular formula is C16H17F4N3O2S. The van der Waals surface area contributed by atoms with Crippen LogP contribution in [-0.2, 0) is 12.7 Å². The summed E-state index contributed by atoms with van der Waals surface area (Å²) in [6, 6.07) is 1.63. The van der Waals surface area contributed by atoms with Crippen molar-refractivity contribution in [1.29, 1.82) is 0 Å². The average Bonchev–Trinajstić information content (AvgIpc) is 3.06. The number of carbonyl (C=O) groups excluding carboxylic acids is 1. The monoisotopic (exact) mass is 391 g/mol. The maximum atomic E-state index is 13.3. The molecule has 0 fully saturated rings. The molecule has 1 unspecified atom stereocenters. The van der Waals surface area contributed by atoms with Crippen molar-refractivity contribution in [2.45, 2.75) is 25.2 Å². The van der Waals surface area contributed by atoms with Crippen LogP contribution in [0, 0.1) is 5.82 Å². The van der Waals surface area contributed by atoms with Crippen molar-refractivity contribution in [2.75, 3.05) is 12.0 Å². The summed E-state index contributed by atoms with van der Waals surface area (Å²) in [6.07, 6.45) is -1.00. The lowest BCUT2D eigenvalue weighted by molar-refractivity contribution is -0.137. The molecule has 0 aliphatic heterocycles. The zero-order valence-corrected chi connectivity index (χ0v) is 14.6. The van der Waals surface area contributed by atoms with E-state index in [-0.39, 0.29) is 23.7 Å². The van der Waals surface area contributed by atoms with Gasteiger partial charge in [0.2, 0.25) is 5.89 Å². The van der Waals surface area contributed by atoms with Crippen molar-refractivity contribution in [3.05, 3.63) is 53.0 Å². The molecule has 5 nitrogen and oxygen atoms in total. The van der Waals surface area contributed by atoms with Gasteiger partial charge in [-0.2, -0.15) is 24.9 Å². The first-order valence-electron chi connectivity index (χ1n) is 7.55. The van der Waals surface area contributed by atoms with Gasteiger partial charge in [-0.15, -0.1) is 0 Å². The minimum Gasteiger partial charge on any atom is -0.446 e. The van der Waals surface area contributed by atoms with E-state index in [1.54, 1.807) is 11.8 Å². The zero-order chi connectivity index (χ0) is 19.3. The Hall–Kier alpha value is -2.07. The molecule has 10 heteroatoms. The Balaban J connectivity index is 2.01. The van der Waals surface area contributed by atoms with Gasteiger partial charge < -0.3 is 15.5 Å². The highest BCUT2D eigenvalue weighted by Gasteiger charge is 2.31. The molecule has 2 aromatic rings. The lowest BCUT2D eigenvalue weighted by Gasteiger charge is -2.10. The number of alkyl halides is 3. The number of halogens is 4. The Morgan fingerprint density at radius 1 is 1.38 bits per heavy atom. The second-order valence-corrected chi connectivity index (χ2v) is 6.47. The van der Waals surface area contributed by atoms with Crippen molar-refractivity contribution < 1.29 is 26.8 Å². The van der Waals surface area contributed by atoms with Gasteiger partial charge in [0.1, 0.15) is 12.1 Å². The zero-order valence-electron chi connectivity index (χ0n) is 13.8. The maximum absolute atomic E-state index is 13.3. The van der Waals surface area contributed by atoms with Crippen LogP contribution in [0.2, 0.25) is 0 Å². The number of hydrogen-bond acceptors (Lipinski definition) is 5. The van der Waals surface area contributed by atoms with Crippen LogP contribution in [0.5, 0.6) is 0 Å². The minimum absolute atomic E-state index is 0.0222. The fourth-order valence-electron chi connectivity index (χ4n) is 2.12. The van der Waals surface area contributed by atoms with E-state index in [9.17, 15) is 22.4 Å². The summed E-state index contributed by atoms with van der Waals surface area (Å²) < 4.78 is 56.6.